The van der Waals surface area contributed by atoms with Crippen molar-refractivity contribution in [1.82, 2.24) is 4.90 Å². The number of nitrogens with zero attached hydrogens (tertiary/aromatic N) is 1. The predicted octanol–water partition coefficient (Wildman–Crippen LogP) is 3.47. The van der Waals surface area contributed by atoms with Crippen molar-refractivity contribution in [1.29, 1.82) is 0 Å². The van der Waals surface area contributed by atoms with Crippen LogP contribution < -0.4 is 0 Å². The molecule has 3 nitrogen and oxygen atoms in total. The topological polar surface area (TPSA) is 29.5 Å². The summed E-state index contributed by atoms with van der Waals surface area (Å²) in [4.78, 5) is 15.1. The molecule has 1 heterocycles. The van der Waals surface area contributed by atoms with Crippen molar-refractivity contribution in [3.05, 3.63) is 34.9 Å². The first kappa shape index (κ1) is 14.5. The second-order valence-corrected chi connectivity index (χ2v) is 7.39. The van der Waals surface area contributed by atoms with E-state index in [0.717, 1.165) is 37.6 Å². The maximum Gasteiger partial charge on any atom is 0.226 e. The Morgan fingerprint density at radius 3 is 2.64 bits per heavy atom. The van der Waals surface area contributed by atoms with Gasteiger partial charge in [-0.05, 0) is 49.3 Å². The number of halogens is 1. The maximum absolute atomic E-state index is 12.9. The molecule has 1 amide bonds. The van der Waals surface area contributed by atoms with Crippen LogP contribution in [0.15, 0.2) is 24.3 Å². The van der Waals surface area contributed by atoms with Crippen molar-refractivity contribution in [2.24, 2.45) is 11.8 Å². The first-order valence-corrected chi connectivity index (χ1v) is 8.74. The predicted molar refractivity (Wildman–Crippen MR) is 86.0 cm³/mol. The van der Waals surface area contributed by atoms with E-state index < -0.39 is 0 Å². The molecule has 0 N–H and O–H groups in total. The van der Waals surface area contributed by atoms with Gasteiger partial charge in [0.1, 0.15) is 0 Å². The van der Waals surface area contributed by atoms with Gasteiger partial charge in [-0.25, -0.2) is 0 Å². The van der Waals surface area contributed by atoms with Gasteiger partial charge in [0.25, 0.3) is 0 Å². The summed E-state index contributed by atoms with van der Waals surface area (Å²) >= 11 is 5.94. The second-order valence-electron chi connectivity index (χ2n) is 6.95. The van der Waals surface area contributed by atoms with Crippen LogP contribution in [0.5, 0.6) is 0 Å². The van der Waals surface area contributed by atoms with E-state index >= 15 is 0 Å². The standard InChI is InChI=1S/C18H22ClNO2/c19-14-3-1-13(2-4-14)16-9-17(16)18(21)20(15-5-6-15)10-12-7-8-22-11-12/h1-4,12,15-17H,5-11H2. The summed E-state index contributed by atoms with van der Waals surface area (Å²) in [7, 11) is 0. The number of hydrogen-bond donors (Lipinski definition) is 0. The largest absolute Gasteiger partial charge is 0.381 e. The zero-order valence-electron chi connectivity index (χ0n) is 12.7. The number of carbonyl (C=O) groups is 1. The molecule has 3 atom stereocenters. The smallest absolute Gasteiger partial charge is 0.226 e. The van der Waals surface area contributed by atoms with Crippen molar-refractivity contribution in [3.8, 4) is 0 Å². The first-order chi connectivity index (χ1) is 10.7. The molecule has 1 aliphatic heterocycles. The molecule has 0 aromatic heterocycles. The number of amides is 1. The maximum atomic E-state index is 12.9. The van der Waals surface area contributed by atoms with Crippen LogP contribution in [-0.2, 0) is 9.53 Å². The van der Waals surface area contributed by atoms with Crippen LogP contribution in [0.1, 0.15) is 37.2 Å². The third-order valence-corrected chi connectivity index (χ3v) is 5.41. The molecule has 118 valence electrons. The van der Waals surface area contributed by atoms with Crippen molar-refractivity contribution >= 4 is 17.5 Å². The molecule has 4 heteroatoms. The van der Waals surface area contributed by atoms with Gasteiger partial charge in [-0.15, -0.1) is 0 Å². The van der Waals surface area contributed by atoms with E-state index in [0.29, 0.717) is 23.8 Å². The first-order valence-electron chi connectivity index (χ1n) is 8.36. The Hall–Kier alpha value is -1.06. The van der Waals surface area contributed by atoms with Gasteiger partial charge in [0.15, 0.2) is 0 Å². The van der Waals surface area contributed by atoms with Crippen LogP contribution in [0, 0.1) is 11.8 Å². The molecule has 1 aromatic rings. The van der Waals surface area contributed by atoms with Gasteiger partial charge in [0.2, 0.25) is 5.91 Å². The summed E-state index contributed by atoms with van der Waals surface area (Å²) < 4.78 is 5.47. The molecular weight excluding hydrogens is 298 g/mol. The van der Waals surface area contributed by atoms with E-state index in [4.69, 9.17) is 16.3 Å². The summed E-state index contributed by atoms with van der Waals surface area (Å²) in [6, 6.07) is 8.47. The minimum absolute atomic E-state index is 0.184. The number of ether oxygens (including phenoxy) is 1. The van der Waals surface area contributed by atoms with Crippen molar-refractivity contribution < 1.29 is 9.53 Å². The number of benzene rings is 1. The SMILES string of the molecule is O=C(C1CC1c1ccc(Cl)cc1)N(CC1CCOC1)C1CC1. The fourth-order valence-corrected chi connectivity index (χ4v) is 3.70. The fourth-order valence-electron chi connectivity index (χ4n) is 3.57. The van der Waals surface area contributed by atoms with E-state index in [1.807, 2.05) is 12.1 Å². The molecule has 0 spiro atoms. The molecule has 3 aliphatic rings. The van der Waals surface area contributed by atoms with Gasteiger partial charge in [0, 0.05) is 36.1 Å². The summed E-state index contributed by atoms with van der Waals surface area (Å²) in [6.07, 6.45) is 4.45. The highest BCUT2D eigenvalue weighted by Gasteiger charge is 2.48. The van der Waals surface area contributed by atoms with Gasteiger partial charge in [-0.1, -0.05) is 23.7 Å². The molecule has 2 aliphatic carbocycles. The zero-order chi connectivity index (χ0) is 15.1. The molecule has 2 saturated carbocycles. The minimum atomic E-state index is 0.184. The van der Waals surface area contributed by atoms with E-state index in [2.05, 4.69) is 17.0 Å². The van der Waals surface area contributed by atoms with Crippen LogP contribution in [0.25, 0.3) is 0 Å². The molecule has 0 radical (unpaired) electrons. The lowest BCUT2D eigenvalue weighted by molar-refractivity contribution is -0.134. The van der Waals surface area contributed by atoms with Gasteiger partial charge in [-0.3, -0.25) is 4.79 Å². The average molecular weight is 320 g/mol. The average Bonchev–Trinajstić information content (AvgIpc) is 3.44. The Bertz CT molecular complexity index is 549. The van der Waals surface area contributed by atoms with Crippen LogP contribution in [-0.4, -0.2) is 36.6 Å². The lowest BCUT2D eigenvalue weighted by Crippen LogP contribution is -2.38. The molecule has 3 unspecified atom stereocenters. The summed E-state index contributed by atoms with van der Waals surface area (Å²) in [5, 5.41) is 0.758. The quantitative estimate of drug-likeness (QED) is 0.831. The van der Waals surface area contributed by atoms with Crippen molar-refractivity contribution in [3.63, 3.8) is 0 Å². The van der Waals surface area contributed by atoms with Gasteiger partial charge in [0.05, 0.1) is 6.61 Å². The third kappa shape index (κ3) is 3.02. The van der Waals surface area contributed by atoms with E-state index in [1.165, 1.54) is 18.4 Å². The summed E-state index contributed by atoms with van der Waals surface area (Å²) in [5.74, 6) is 1.49. The Kier molecular flexibility index (Phi) is 3.87. The number of hydrogen-bond acceptors (Lipinski definition) is 2. The minimum Gasteiger partial charge on any atom is -0.381 e. The van der Waals surface area contributed by atoms with Crippen LogP contribution in [0.3, 0.4) is 0 Å². The third-order valence-electron chi connectivity index (χ3n) is 5.16. The summed E-state index contributed by atoms with van der Waals surface area (Å²) in [6.45, 7) is 2.57. The highest BCUT2D eigenvalue weighted by molar-refractivity contribution is 6.30. The van der Waals surface area contributed by atoms with Crippen molar-refractivity contribution in [2.75, 3.05) is 19.8 Å². The van der Waals surface area contributed by atoms with E-state index in [9.17, 15) is 4.79 Å². The Morgan fingerprint density at radius 1 is 1.23 bits per heavy atom. The monoisotopic (exact) mass is 319 g/mol. The normalized spacial score (nSPS) is 30.3. The Balaban J connectivity index is 1.40. The second kappa shape index (κ2) is 5.86. The summed E-state index contributed by atoms with van der Waals surface area (Å²) in [5.41, 5.74) is 1.25. The van der Waals surface area contributed by atoms with E-state index in [-0.39, 0.29) is 5.92 Å². The van der Waals surface area contributed by atoms with Gasteiger partial charge in [-0.2, -0.15) is 0 Å². The Labute approximate surface area is 136 Å². The molecular formula is C18H22ClNO2. The highest BCUT2D eigenvalue weighted by atomic mass is 35.5. The van der Waals surface area contributed by atoms with Gasteiger partial charge >= 0.3 is 0 Å². The molecule has 1 aromatic carbocycles. The lowest BCUT2D eigenvalue weighted by atomic mass is 10.1. The highest BCUT2D eigenvalue weighted by Crippen LogP contribution is 2.49. The van der Waals surface area contributed by atoms with Crippen LogP contribution >= 0.6 is 11.6 Å². The van der Waals surface area contributed by atoms with E-state index in [1.54, 1.807) is 0 Å². The number of rotatable bonds is 5. The molecule has 22 heavy (non-hydrogen) atoms. The molecule has 4 rings (SSSR count). The molecule has 1 saturated heterocycles. The fraction of sp³-hybridized carbons (Fsp3) is 0.611. The van der Waals surface area contributed by atoms with Crippen LogP contribution in [0.4, 0.5) is 0 Å². The molecule has 3 fully saturated rings. The lowest BCUT2D eigenvalue weighted by Gasteiger charge is -2.25. The number of carbonyl (C=O) groups excluding carboxylic acids is 1. The Morgan fingerprint density at radius 2 is 2.00 bits per heavy atom. The van der Waals surface area contributed by atoms with Crippen LogP contribution in [0.2, 0.25) is 5.02 Å². The zero-order valence-corrected chi connectivity index (χ0v) is 13.5. The molecule has 0 bridgehead atoms. The van der Waals surface area contributed by atoms with Crippen molar-refractivity contribution in [2.45, 2.75) is 37.6 Å². The van der Waals surface area contributed by atoms with Gasteiger partial charge < -0.3 is 9.64 Å².